The molecule has 0 aliphatic heterocycles. The molecule has 15 heavy (non-hydrogen) atoms. The highest BCUT2D eigenvalue weighted by Gasteiger charge is 2.14. The van der Waals surface area contributed by atoms with Gasteiger partial charge in [-0.05, 0) is 41.6 Å². The quantitative estimate of drug-likeness (QED) is 0.865. The predicted molar refractivity (Wildman–Crippen MR) is 63.8 cm³/mol. The van der Waals surface area contributed by atoms with Gasteiger partial charge in [0.05, 0.1) is 22.9 Å². The van der Waals surface area contributed by atoms with Crippen molar-refractivity contribution in [3.63, 3.8) is 0 Å². The van der Waals surface area contributed by atoms with E-state index in [0.29, 0.717) is 18.1 Å². The SMILES string of the molecule is CCOc1cc(C(=O)O)cc(I)c1OC. The molecular weight excluding hydrogens is 311 g/mol. The maximum Gasteiger partial charge on any atom is 0.335 e. The normalized spacial score (nSPS) is 9.80. The van der Waals surface area contributed by atoms with Gasteiger partial charge in [0.25, 0.3) is 0 Å². The van der Waals surface area contributed by atoms with Crippen LogP contribution in [-0.4, -0.2) is 24.8 Å². The molecule has 0 aromatic heterocycles. The maximum atomic E-state index is 10.8. The van der Waals surface area contributed by atoms with Gasteiger partial charge >= 0.3 is 5.97 Å². The summed E-state index contributed by atoms with van der Waals surface area (Å²) in [4.78, 5) is 10.8. The Hall–Kier alpha value is -0.980. The van der Waals surface area contributed by atoms with Crippen LogP contribution in [-0.2, 0) is 0 Å². The first-order chi connectivity index (χ1) is 7.10. The predicted octanol–water partition coefficient (Wildman–Crippen LogP) is 2.40. The molecule has 0 unspecified atom stereocenters. The molecule has 0 amide bonds. The van der Waals surface area contributed by atoms with Gasteiger partial charge < -0.3 is 14.6 Å². The molecule has 82 valence electrons. The highest BCUT2D eigenvalue weighted by molar-refractivity contribution is 14.1. The molecule has 1 rings (SSSR count). The fourth-order valence-corrected chi connectivity index (χ4v) is 1.97. The van der Waals surface area contributed by atoms with E-state index in [1.54, 1.807) is 6.07 Å². The number of carboxylic acids is 1. The van der Waals surface area contributed by atoms with E-state index in [4.69, 9.17) is 14.6 Å². The smallest absolute Gasteiger partial charge is 0.335 e. The minimum atomic E-state index is -0.975. The molecule has 0 bridgehead atoms. The molecule has 0 aliphatic carbocycles. The second-order valence-electron chi connectivity index (χ2n) is 2.73. The summed E-state index contributed by atoms with van der Waals surface area (Å²) in [5, 5.41) is 8.87. The number of hydrogen-bond donors (Lipinski definition) is 1. The largest absolute Gasteiger partial charge is 0.492 e. The monoisotopic (exact) mass is 322 g/mol. The van der Waals surface area contributed by atoms with Crippen LogP contribution in [0.3, 0.4) is 0 Å². The van der Waals surface area contributed by atoms with E-state index >= 15 is 0 Å². The molecule has 0 fully saturated rings. The van der Waals surface area contributed by atoms with Gasteiger partial charge in [-0.15, -0.1) is 0 Å². The molecule has 1 aromatic carbocycles. The van der Waals surface area contributed by atoms with Crippen LogP contribution in [0, 0.1) is 3.57 Å². The summed E-state index contributed by atoms with van der Waals surface area (Å²) in [6.45, 7) is 2.30. The molecule has 0 atom stereocenters. The van der Waals surface area contributed by atoms with Crippen molar-refractivity contribution in [2.75, 3.05) is 13.7 Å². The summed E-state index contributed by atoms with van der Waals surface area (Å²) in [6, 6.07) is 3.01. The van der Waals surface area contributed by atoms with Crippen molar-refractivity contribution >= 4 is 28.6 Å². The summed E-state index contributed by atoms with van der Waals surface area (Å²) >= 11 is 2.02. The number of hydrogen-bond acceptors (Lipinski definition) is 3. The zero-order valence-corrected chi connectivity index (χ0v) is 10.6. The second-order valence-corrected chi connectivity index (χ2v) is 3.89. The summed E-state index contributed by atoms with van der Waals surface area (Å²) in [5.74, 6) is 0.0586. The van der Waals surface area contributed by atoms with Crippen LogP contribution in [0.25, 0.3) is 0 Å². The van der Waals surface area contributed by atoms with E-state index in [-0.39, 0.29) is 5.56 Å². The minimum absolute atomic E-state index is 0.198. The molecule has 5 heteroatoms. The van der Waals surface area contributed by atoms with Gasteiger partial charge in [0.1, 0.15) is 0 Å². The minimum Gasteiger partial charge on any atom is -0.492 e. The summed E-state index contributed by atoms with van der Waals surface area (Å²) in [7, 11) is 1.53. The first-order valence-corrected chi connectivity index (χ1v) is 5.41. The van der Waals surface area contributed by atoms with Crippen molar-refractivity contribution in [2.45, 2.75) is 6.92 Å². The lowest BCUT2D eigenvalue weighted by atomic mass is 10.2. The zero-order valence-electron chi connectivity index (χ0n) is 8.41. The fraction of sp³-hybridized carbons (Fsp3) is 0.300. The molecule has 0 aliphatic rings. The van der Waals surface area contributed by atoms with E-state index in [1.807, 2.05) is 29.5 Å². The Bertz CT molecular complexity index is 376. The van der Waals surface area contributed by atoms with Crippen molar-refractivity contribution < 1.29 is 19.4 Å². The van der Waals surface area contributed by atoms with E-state index in [2.05, 4.69) is 0 Å². The fourth-order valence-electron chi connectivity index (χ4n) is 1.15. The Morgan fingerprint density at radius 3 is 2.67 bits per heavy atom. The van der Waals surface area contributed by atoms with E-state index in [0.717, 1.165) is 3.57 Å². The number of ether oxygens (including phenoxy) is 2. The van der Waals surface area contributed by atoms with Crippen LogP contribution < -0.4 is 9.47 Å². The van der Waals surface area contributed by atoms with Crippen LogP contribution >= 0.6 is 22.6 Å². The van der Waals surface area contributed by atoms with Crippen LogP contribution in [0.1, 0.15) is 17.3 Å². The summed E-state index contributed by atoms with van der Waals surface area (Å²) in [6.07, 6.45) is 0. The van der Waals surface area contributed by atoms with Gasteiger partial charge in [0, 0.05) is 0 Å². The summed E-state index contributed by atoms with van der Waals surface area (Å²) in [5.41, 5.74) is 0.198. The highest BCUT2D eigenvalue weighted by atomic mass is 127. The third-order valence-electron chi connectivity index (χ3n) is 1.76. The Labute approximate surface area is 101 Å². The molecule has 0 saturated carbocycles. The maximum absolute atomic E-state index is 10.8. The molecule has 0 heterocycles. The number of benzene rings is 1. The Morgan fingerprint density at radius 2 is 2.20 bits per heavy atom. The Kier molecular flexibility index (Phi) is 4.19. The van der Waals surface area contributed by atoms with Gasteiger partial charge in [0.2, 0.25) is 0 Å². The Balaban J connectivity index is 3.25. The average molecular weight is 322 g/mol. The van der Waals surface area contributed by atoms with Crippen molar-refractivity contribution in [1.82, 2.24) is 0 Å². The van der Waals surface area contributed by atoms with Crippen molar-refractivity contribution in [1.29, 1.82) is 0 Å². The molecular formula is C10H11IO4. The molecule has 4 nitrogen and oxygen atoms in total. The third kappa shape index (κ3) is 2.74. The number of rotatable bonds is 4. The lowest BCUT2D eigenvalue weighted by Crippen LogP contribution is -2.02. The molecule has 0 saturated heterocycles. The topological polar surface area (TPSA) is 55.8 Å². The summed E-state index contributed by atoms with van der Waals surface area (Å²) < 4.78 is 11.2. The van der Waals surface area contributed by atoms with E-state index in [9.17, 15) is 4.79 Å². The van der Waals surface area contributed by atoms with Crippen LogP contribution in [0.4, 0.5) is 0 Å². The van der Waals surface area contributed by atoms with Gasteiger partial charge in [-0.1, -0.05) is 0 Å². The van der Waals surface area contributed by atoms with Gasteiger partial charge in [-0.25, -0.2) is 4.79 Å². The number of carbonyl (C=O) groups is 1. The molecule has 1 aromatic rings. The van der Waals surface area contributed by atoms with Gasteiger partial charge in [0.15, 0.2) is 11.5 Å². The number of aromatic carboxylic acids is 1. The van der Waals surface area contributed by atoms with Crippen molar-refractivity contribution in [2.24, 2.45) is 0 Å². The van der Waals surface area contributed by atoms with Crippen LogP contribution in [0.2, 0.25) is 0 Å². The first kappa shape index (κ1) is 12.1. The van der Waals surface area contributed by atoms with Gasteiger partial charge in [-0.3, -0.25) is 0 Å². The molecule has 0 radical (unpaired) electrons. The Morgan fingerprint density at radius 1 is 1.53 bits per heavy atom. The molecule has 0 spiro atoms. The van der Waals surface area contributed by atoms with Crippen LogP contribution in [0.5, 0.6) is 11.5 Å². The lowest BCUT2D eigenvalue weighted by molar-refractivity contribution is 0.0696. The number of carboxylic acid groups (broad SMARTS) is 1. The van der Waals surface area contributed by atoms with Crippen molar-refractivity contribution in [3.05, 3.63) is 21.3 Å². The highest BCUT2D eigenvalue weighted by Crippen LogP contribution is 2.33. The number of halogens is 1. The number of methoxy groups -OCH3 is 1. The van der Waals surface area contributed by atoms with E-state index < -0.39 is 5.97 Å². The molecule has 1 N–H and O–H groups in total. The zero-order chi connectivity index (χ0) is 11.4. The van der Waals surface area contributed by atoms with E-state index in [1.165, 1.54) is 13.2 Å². The second kappa shape index (κ2) is 5.20. The lowest BCUT2D eigenvalue weighted by Gasteiger charge is -2.11. The standard InChI is InChI=1S/C10H11IO4/c1-3-15-8-5-6(10(12)13)4-7(11)9(8)14-2/h4-5H,3H2,1-2H3,(H,12,13). The van der Waals surface area contributed by atoms with Gasteiger partial charge in [-0.2, -0.15) is 0 Å². The van der Waals surface area contributed by atoms with Crippen molar-refractivity contribution in [3.8, 4) is 11.5 Å². The average Bonchev–Trinajstić information content (AvgIpc) is 2.17. The first-order valence-electron chi connectivity index (χ1n) is 4.33. The van der Waals surface area contributed by atoms with Crippen LogP contribution in [0.15, 0.2) is 12.1 Å². The third-order valence-corrected chi connectivity index (χ3v) is 2.56.